The molecule has 0 aliphatic heterocycles. The second kappa shape index (κ2) is 8.33. The molecule has 0 fully saturated rings. The first kappa shape index (κ1) is 17.0. The van der Waals surface area contributed by atoms with Crippen LogP contribution in [0.5, 0.6) is 5.75 Å². The van der Waals surface area contributed by atoms with Gasteiger partial charge in [0.05, 0.1) is 13.5 Å². The van der Waals surface area contributed by atoms with Gasteiger partial charge in [-0.3, -0.25) is 9.59 Å². The van der Waals surface area contributed by atoms with E-state index >= 15 is 0 Å². The molecular weight excluding hydrogens is 314 g/mol. The van der Waals surface area contributed by atoms with Crippen LogP contribution in [0, 0.1) is 0 Å². The van der Waals surface area contributed by atoms with Gasteiger partial charge < -0.3 is 14.8 Å². The van der Waals surface area contributed by atoms with E-state index in [9.17, 15) is 9.59 Å². The van der Waals surface area contributed by atoms with Gasteiger partial charge in [0.1, 0.15) is 5.75 Å². The van der Waals surface area contributed by atoms with Crippen LogP contribution in [0.15, 0.2) is 41.1 Å². The lowest BCUT2D eigenvalue weighted by Gasteiger charge is -2.13. The summed E-state index contributed by atoms with van der Waals surface area (Å²) in [6.07, 6.45) is -0.640. The Morgan fingerprint density at radius 1 is 1.17 bits per heavy atom. The van der Waals surface area contributed by atoms with E-state index in [0.29, 0.717) is 6.54 Å². The zero-order valence-corrected chi connectivity index (χ0v) is 13.9. The number of amides is 1. The molecule has 0 saturated heterocycles. The molecule has 0 aliphatic rings. The average molecular weight is 333 g/mol. The van der Waals surface area contributed by atoms with Crippen molar-refractivity contribution in [1.29, 1.82) is 0 Å². The summed E-state index contributed by atoms with van der Waals surface area (Å²) in [7, 11) is 1.60. The number of rotatable bonds is 7. The highest BCUT2D eigenvalue weighted by Crippen LogP contribution is 2.11. The van der Waals surface area contributed by atoms with Crippen molar-refractivity contribution in [2.24, 2.45) is 0 Å². The molecule has 6 heteroatoms. The van der Waals surface area contributed by atoms with Crippen molar-refractivity contribution in [2.75, 3.05) is 7.11 Å². The minimum atomic E-state index is -0.820. The van der Waals surface area contributed by atoms with E-state index in [1.165, 1.54) is 11.3 Å². The van der Waals surface area contributed by atoms with Gasteiger partial charge in [-0.25, -0.2) is 0 Å². The van der Waals surface area contributed by atoms with Gasteiger partial charge in [-0.05, 0) is 47.0 Å². The van der Waals surface area contributed by atoms with Gasteiger partial charge in [0.2, 0.25) is 0 Å². The summed E-state index contributed by atoms with van der Waals surface area (Å²) in [4.78, 5) is 23.7. The number of carbonyl (C=O) groups is 2. The summed E-state index contributed by atoms with van der Waals surface area (Å²) in [5.41, 5.74) is 1.83. The van der Waals surface area contributed by atoms with Crippen LogP contribution in [-0.2, 0) is 27.3 Å². The first-order chi connectivity index (χ1) is 11.1. The molecular formula is C17H19NO4S. The normalized spacial score (nSPS) is 11.6. The van der Waals surface area contributed by atoms with Gasteiger partial charge >= 0.3 is 5.97 Å². The smallest absolute Gasteiger partial charge is 0.311 e. The van der Waals surface area contributed by atoms with E-state index in [4.69, 9.17) is 9.47 Å². The van der Waals surface area contributed by atoms with Crippen molar-refractivity contribution in [3.05, 3.63) is 52.2 Å². The summed E-state index contributed by atoms with van der Waals surface area (Å²) < 4.78 is 10.2. The van der Waals surface area contributed by atoms with Crippen LogP contribution >= 0.6 is 11.3 Å². The fraction of sp³-hybridized carbons (Fsp3) is 0.294. The topological polar surface area (TPSA) is 64.6 Å². The molecule has 0 spiro atoms. The maximum atomic E-state index is 12.0. The molecule has 23 heavy (non-hydrogen) atoms. The molecule has 1 aromatic carbocycles. The molecule has 0 aliphatic carbocycles. The summed E-state index contributed by atoms with van der Waals surface area (Å²) in [6, 6.07) is 9.25. The molecule has 1 atom stereocenters. The van der Waals surface area contributed by atoms with Gasteiger partial charge in [-0.2, -0.15) is 11.3 Å². The van der Waals surface area contributed by atoms with Crippen LogP contribution in [0.2, 0.25) is 0 Å². The fourth-order valence-electron chi connectivity index (χ4n) is 1.93. The third-order valence-corrected chi connectivity index (χ3v) is 3.96. The third kappa shape index (κ3) is 5.41. The summed E-state index contributed by atoms with van der Waals surface area (Å²) in [5, 5.41) is 6.53. The molecule has 1 heterocycles. The van der Waals surface area contributed by atoms with E-state index < -0.39 is 12.1 Å². The number of ether oxygens (including phenoxy) is 2. The number of carbonyl (C=O) groups excluding carboxylic acids is 2. The maximum absolute atomic E-state index is 12.0. The Kier molecular flexibility index (Phi) is 6.17. The maximum Gasteiger partial charge on any atom is 0.311 e. The van der Waals surface area contributed by atoms with Gasteiger partial charge in [0.25, 0.3) is 5.91 Å². The summed E-state index contributed by atoms with van der Waals surface area (Å²) in [5.74, 6) is 0.0331. The van der Waals surface area contributed by atoms with Gasteiger partial charge in [-0.15, -0.1) is 0 Å². The Morgan fingerprint density at radius 3 is 2.52 bits per heavy atom. The van der Waals surface area contributed by atoms with E-state index in [1.807, 2.05) is 41.1 Å². The van der Waals surface area contributed by atoms with Crippen LogP contribution in [0.25, 0.3) is 0 Å². The lowest BCUT2D eigenvalue weighted by atomic mass is 10.2. The van der Waals surface area contributed by atoms with Gasteiger partial charge in [0.15, 0.2) is 6.10 Å². The Morgan fingerprint density at radius 2 is 1.91 bits per heavy atom. The van der Waals surface area contributed by atoms with E-state index in [0.717, 1.165) is 16.9 Å². The van der Waals surface area contributed by atoms with Crippen molar-refractivity contribution >= 4 is 23.2 Å². The minimum absolute atomic E-state index is 0.180. The lowest BCUT2D eigenvalue weighted by molar-refractivity contribution is -0.154. The zero-order valence-electron chi connectivity index (χ0n) is 13.1. The van der Waals surface area contributed by atoms with Crippen molar-refractivity contribution in [3.8, 4) is 5.75 Å². The van der Waals surface area contributed by atoms with E-state index in [2.05, 4.69) is 5.32 Å². The predicted octanol–water partition coefficient (Wildman–Crippen LogP) is 2.55. The largest absolute Gasteiger partial charge is 0.497 e. The number of hydrogen-bond donors (Lipinski definition) is 1. The minimum Gasteiger partial charge on any atom is -0.497 e. The number of thiophene rings is 1. The average Bonchev–Trinajstić information content (AvgIpc) is 3.05. The number of methoxy groups -OCH3 is 1. The van der Waals surface area contributed by atoms with Gasteiger partial charge in [-0.1, -0.05) is 12.1 Å². The molecule has 2 aromatic rings. The predicted molar refractivity (Wildman–Crippen MR) is 88.4 cm³/mol. The van der Waals surface area contributed by atoms with Crippen molar-refractivity contribution in [1.82, 2.24) is 5.32 Å². The molecule has 0 unspecified atom stereocenters. The second-order valence-electron chi connectivity index (χ2n) is 5.01. The Bertz CT molecular complexity index is 637. The quantitative estimate of drug-likeness (QED) is 0.791. The van der Waals surface area contributed by atoms with Crippen molar-refractivity contribution in [3.63, 3.8) is 0 Å². The fourth-order valence-corrected chi connectivity index (χ4v) is 2.60. The van der Waals surface area contributed by atoms with E-state index in [-0.39, 0.29) is 12.3 Å². The summed E-state index contributed by atoms with van der Waals surface area (Å²) in [6.45, 7) is 1.93. The van der Waals surface area contributed by atoms with Crippen LogP contribution in [-0.4, -0.2) is 25.1 Å². The summed E-state index contributed by atoms with van der Waals surface area (Å²) >= 11 is 1.52. The third-order valence-electron chi connectivity index (χ3n) is 3.23. The highest BCUT2D eigenvalue weighted by atomic mass is 32.1. The molecule has 1 amide bonds. The zero-order chi connectivity index (χ0) is 16.7. The van der Waals surface area contributed by atoms with Crippen LogP contribution in [0.4, 0.5) is 0 Å². The second-order valence-corrected chi connectivity index (χ2v) is 5.79. The number of nitrogens with one attached hydrogen (secondary N) is 1. The molecule has 0 radical (unpaired) electrons. The van der Waals surface area contributed by atoms with E-state index in [1.54, 1.807) is 14.0 Å². The van der Waals surface area contributed by atoms with Crippen LogP contribution in [0.3, 0.4) is 0 Å². The number of benzene rings is 1. The SMILES string of the molecule is COc1ccc(CNC(=O)[C@H](C)OC(=O)Cc2ccsc2)cc1. The van der Waals surface area contributed by atoms with Gasteiger partial charge in [0, 0.05) is 6.54 Å². The van der Waals surface area contributed by atoms with Crippen molar-refractivity contribution in [2.45, 2.75) is 26.0 Å². The standard InChI is InChI=1S/C17H19NO4S/c1-12(22-16(19)9-14-7-8-23-11-14)17(20)18-10-13-3-5-15(21-2)6-4-13/h3-8,11-12H,9-10H2,1-2H3,(H,18,20)/t12-/m0/s1. The molecule has 2 rings (SSSR count). The number of esters is 1. The Balaban J connectivity index is 1.76. The monoisotopic (exact) mass is 333 g/mol. The highest BCUT2D eigenvalue weighted by molar-refractivity contribution is 7.07. The lowest BCUT2D eigenvalue weighted by Crippen LogP contribution is -2.35. The molecule has 1 N–H and O–H groups in total. The molecule has 1 aromatic heterocycles. The molecule has 5 nitrogen and oxygen atoms in total. The Hall–Kier alpha value is -2.34. The first-order valence-corrected chi connectivity index (χ1v) is 8.14. The van der Waals surface area contributed by atoms with Crippen molar-refractivity contribution < 1.29 is 19.1 Å². The van der Waals surface area contributed by atoms with Crippen LogP contribution in [0.1, 0.15) is 18.1 Å². The Labute approximate surface area is 139 Å². The molecule has 122 valence electrons. The highest BCUT2D eigenvalue weighted by Gasteiger charge is 2.17. The molecule has 0 bridgehead atoms. The number of hydrogen-bond acceptors (Lipinski definition) is 5. The van der Waals surface area contributed by atoms with Crippen LogP contribution < -0.4 is 10.1 Å². The first-order valence-electron chi connectivity index (χ1n) is 7.19. The molecule has 0 saturated carbocycles.